The van der Waals surface area contributed by atoms with Gasteiger partial charge in [-0.3, -0.25) is 4.79 Å². The van der Waals surface area contributed by atoms with Crippen molar-refractivity contribution in [1.29, 1.82) is 0 Å². The molecule has 216 valence electrons. The molecule has 42 heavy (non-hydrogen) atoms. The van der Waals surface area contributed by atoms with E-state index >= 15 is 0 Å². The number of rotatable bonds is 10. The summed E-state index contributed by atoms with van der Waals surface area (Å²) < 4.78 is 14.1. The zero-order valence-corrected chi connectivity index (χ0v) is 25.0. The molecule has 1 fully saturated rings. The van der Waals surface area contributed by atoms with Crippen molar-refractivity contribution in [2.45, 2.75) is 51.0 Å². The maximum absolute atomic E-state index is 13.7. The van der Waals surface area contributed by atoms with E-state index in [1.54, 1.807) is 49.7 Å². The summed E-state index contributed by atoms with van der Waals surface area (Å²) in [7, 11) is 1.56. The van der Waals surface area contributed by atoms with Crippen molar-refractivity contribution in [2.75, 3.05) is 7.11 Å². The summed E-state index contributed by atoms with van der Waals surface area (Å²) in [6.07, 6.45) is 9.26. The maximum Gasteiger partial charge on any atom is 0.335 e. The highest BCUT2D eigenvalue weighted by Gasteiger charge is 2.23. The summed E-state index contributed by atoms with van der Waals surface area (Å²) >= 11 is 3.47. The summed E-state index contributed by atoms with van der Waals surface area (Å²) in [5.41, 5.74) is 2.91. The normalized spacial score (nSPS) is 13.9. The average molecular weight is 631 g/mol. The van der Waals surface area contributed by atoms with Gasteiger partial charge in [0.2, 0.25) is 0 Å². The number of carbonyl (C=O) groups is 1. The Balaban J connectivity index is 1.52. The van der Waals surface area contributed by atoms with Crippen LogP contribution in [-0.2, 0) is 13.0 Å². The second-order valence-corrected chi connectivity index (χ2v) is 11.2. The lowest BCUT2D eigenvalue weighted by molar-refractivity contribution is 0.0696. The van der Waals surface area contributed by atoms with E-state index in [9.17, 15) is 14.7 Å². The standard InChI is InChI=1S/C33H32BrN3O5/c1-3-8-24-16-22(17-29(41-2)30(24)42-20-21-9-7-12-25(15-21)33(39)40)19-35-37-31(23-10-5-4-6-11-23)36-28-14-13-26(34)18-27(28)32(37)38/h3,7,9,12-19,23H,1,4-6,8,10-11,20H2,2H3,(H,39,40). The minimum atomic E-state index is -0.995. The zero-order chi connectivity index (χ0) is 29.6. The van der Waals surface area contributed by atoms with E-state index < -0.39 is 5.97 Å². The number of halogens is 1. The summed E-state index contributed by atoms with van der Waals surface area (Å²) in [4.78, 5) is 30.0. The van der Waals surface area contributed by atoms with E-state index in [0.717, 1.165) is 46.8 Å². The van der Waals surface area contributed by atoms with Gasteiger partial charge in [0.15, 0.2) is 11.5 Å². The Morgan fingerprint density at radius 1 is 1.17 bits per heavy atom. The lowest BCUT2D eigenvalue weighted by Crippen LogP contribution is -2.25. The van der Waals surface area contributed by atoms with Gasteiger partial charge in [0.1, 0.15) is 12.4 Å². The molecule has 0 spiro atoms. The number of hydrogen-bond donors (Lipinski definition) is 1. The van der Waals surface area contributed by atoms with E-state index in [-0.39, 0.29) is 23.6 Å². The van der Waals surface area contributed by atoms with Crippen LogP contribution in [0, 0.1) is 0 Å². The van der Waals surface area contributed by atoms with Gasteiger partial charge in [0, 0.05) is 16.0 Å². The fourth-order valence-electron chi connectivity index (χ4n) is 5.36. The van der Waals surface area contributed by atoms with E-state index in [1.165, 1.54) is 11.1 Å². The molecule has 0 unspecified atom stereocenters. The van der Waals surface area contributed by atoms with Crippen molar-refractivity contribution in [2.24, 2.45) is 5.10 Å². The number of allylic oxidation sites excluding steroid dienone is 1. The molecule has 0 radical (unpaired) electrons. The van der Waals surface area contributed by atoms with E-state index in [4.69, 9.17) is 14.5 Å². The summed E-state index contributed by atoms with van der Waals surface area (Å²) in [5.74, 6) is 0.883. The minimum Gasteiger partial charge on any atom is -0.493 e. The van der Waals surface area contributed by atoms with E-state index in [0.29, 0.717) is 34.6 Å². The average Bonchev–Trinajstić information content (AvgIpc) is 3.00. The second kappa shape index (κ2) is 13.2. The molecule has 5 rings (SSSR count). The number of ether oxygens (including phenoxy) is 2. The molecule has 4 aromatic rings. The van der Waals surface area contributed by atoms with Crippen LogP contribution < -0.4 is 15.0 Å². The molecular formula is C33H32BrN3O5. The van der Waals surface area contributed by atoms with Crippen molar-refractivity contribution in [3.05, 3.63) is 110 Å². The number of methoxy groups -OCH3 is 1. The molecule has 9 heteroatoms. The first kappa shape index (κ1) is 29.3. The SMILES string of the molecule is C=CCc1cc(C=Nn2c(C3CCCCC3)nc3ccc(Br)cc3c2=O)cc(OC)c1OCc1cccc(C(=O)O)c1. The topological polar surface area (TPSA) is 103 Å². The van der Waals surface area contributed by atoms with Gasteiger partial charge in [-0.15, -0.1) is 6.58 Å². The van der Waals surface area contributed by atoms with Crippen molar-refractivity contribution >= 4 is 39.0 Å². The molecule has 0 bridgehead atoms. The van der Waals surface area contributed by atoms with Gasteiger partial charge in [-0.05, 0) is 72.9 Å². The third-order valence-corrected chi connectivity index (χ3v) is 7.91. The molecule has 1 heterocycles. The van der Waals surface area contributed by atoms with Crippen LogP contribution in [0.4, 0.5) is 0 Å². The first-order valence-corrected chi connectivity index (χ1v) is 14.7. The lowest BCUT2D eigenvalue weighted by Gasteiger charge is -2.22. The van der Waals surface area contributed by atoms with Crippen molar-refractivity contribution in [3.63, 3.8) is 0 Å². The predicted octanol–water partition coefficient (Wildman–Crippen LogP) is 7.10. The Hall–Kier alpha value is -4.24. The molecule has 3 aromatic carbocycles. The van der Waals surface area contributed by atoms with Gasteiger partial charge in [-0.1, -0.05) is 53.4 Å². The number of carboxylic acid groups (broad SMARTS) is 1. The van der Waals surface area contributed by atoms with Crippen LogP contribution in [0.2, 0.25) is 0 Å². The van der Waals surface area contributed by atoms with E-state index in [2.05, 4.69) is 27.6 Å². The monoisotopic (exact) mass is 629 g/mol. The van der Waals surface area contributed by atoms with Crippen LogP contribution in [0.1, 0.15) is 70.9 Å². The molecular weight excluding hydrogens is 598 g/mol. The van der Waals surface area contributed by atoms with Gasteiger partial charge in [0.05, 0.1) is 29.8 Å². The number of aromatic nitrogens is 2. The Kier molecular flexibility index (Phi) is 9.17. The third kappa shape index (κ3) is 6.46. The Labute approximate surface area is 252 Å². The number of fused-ring (bicyclic) bond motifs is 1. The second-order valence-electron chi connectivity index (χ2n) is 10.3. The number of hydrogen-bond acceptors (Lipinski definition) is 6. The Bertz CT molecular complexity index is 1720. The first-order valence-electron chi connectivity index (χ1n) is 13.9. The third-order valence-electron chi connectivity index (χ3n) is 7.42. The molecule has 0 atom stereocenters. The highest BCUT2D eigenvalue weighted by Crippen LogP contribution is 2.35. The van der Waals surface area contributed by atoms with E-state index in [1.807, 2.05) is 24.3 Å². The van der Waals surface area contributed by atoms with Gasteiger partial charge in [0.25, 0.3) is 5.56 Å². The molecule has 1 aliphatic rings. The van der Waals surface area contributed by atoms with Crippen molar-refractivity contribution < 1.29 is 19.4 Å². The summed E-state index contributed by atoms with van der Waals surface area (Å²) in [6, 6.07) is 15.9. The van der Waals surface area contributed by atoms with Gasteiger partial charge in [-0.25, -0.2) is 9.78 Å². The highest BCUT2D eigenvalue weighted by molar-refractivity contribution is 9.10. The molecule has 1 aliphatic carbocycles. The smallest absolute Gasteiger partial charge is 0.335 e. The highest BCUT2D eigenvalue weighted by atomic mass is 79.9. The first-order chi connectivity index (χ1) is 20.4. The molecule has 0 aliphatic heterocycles. The van der Waals surface area contributed by atoms with Crippen LogP contribution >= 0.6 is 15.9 Å². The molecule has 0 amide bonds. The quantitative estimate of drug-likeness (QED) is 0.148. The van der Waals surface area contributed by atoms with Crippen LogP contribution in [-0.4, -0.2) is 34.1 Å². The molecule has 1 N–H and O–H groups in total. The number of aromatic carboxylic acids is 1. The number of nitrogens with zero attached hydrogens (tertiary/aromatic N) is 3. The van der Waals surface area contributed by atoms with Crippen LogP contribution in [0.3, 0.4) is 0 Å². The Morgan fingerprint density at radius 2 is 1.98 bits per heavy atom. The largest absolute Gasteiger partial charge is 0.493 e. The lowest BCUT2D eigenvalue weighted by atomic mass is 9.88. The molecule has 1 aromatic heterocycles. The van der Waals surface area contributed by atoms with Crippen molar-refractivity contribution in [3.8, 4) is 11.5 Å². The maximum atomic E-state index is 13.7. The van der Waals surface area contributed by atoms with Gasteiger partial charge in [-0.2, -0.15) is 9.78 Å². The molecule has 8 nitrogen and oxygen atoms in total. The van der Waals surface area contributed by atoms with Crippen LogP contribution in [0.15, 0.2) is 81.6 Å². The minimum absolute atomic E-state index is 0.160. The van der Waals surface area contributed by atoms with Crippen LogP contribution in [0.25, 0.3) is 10.9 Å². The number of carboxylic acids is 1. The van der Waals surface area contributed by atoms with Gasteiger partial charge >= 0.3 is 5.97 Å². The number of benzene rings is 3. The van der Waals surface area contributed by atoms with Crippen LogP contribution in [0.5, 0.6) is 11.5 Å². The predicted molar refractivity (Wildman–Crippen MR) is 167 cm³/mol. The van der Waals surface area contributed by atoms with Gasteiger partial charge < -0.3 is 14.6 Å². The molecule has 0 saturated heterocycles. The molecule has 1 saturated carbocycles. The van der Waals surface area contributed by atoms with Crippen molar-refractivity contribution in [1.82, 2.24) is 9.66 Å². The summed E-state index contributed by atoms with van der Waals surface area (Å²) in [5, 5.41) is 14.5. The fourth-order valence-corrected chi connectivity index (χ4v) is 5.72. The Morgan fingerprint density at radius 3 is 2.71 bits per heavy atom. The fraction of sp³-hybridized carbons (Fsp3) is 0.273. The zero-order valence-electron chi connectivity index (χ0n) is 23.4. The summed E-state index contributed by atoms with van der Waals surface area (Å²) in [6.45, 7) is 4.04.